The Morgan fingerprint density at radius 2 is 1.33 bits per heavy atom. The monoisotopic (exact) mass is 252 g/mol. The fourth-order valence-electron chi connectivity index (χ4n) is 1.14. The van der Waals surface area contributed by atoms with Gasteiger partial charge >= 0.3 is 11.9 Å². The van der Waals surface area contributed by atoms with E-state index in [2.05, 4.69) is 19.4 Å². The van der Waals surface area contributed by atoms with Gasteiger partial charge in [0.1, 0.15) is 12.5 Å². The molecule has 2 rings (SSSR count). The van der Waals surface area contributed by atoms with Gasteiger partial charge in [-0.05, 0) is 0 Å². The highest BCUT2D eigenvalue weighted by molar-refractivity contribution is 5.88. The smallest absolute Gasteiger partial charge is 0.360 e. The maximum Gasteiger partial charge on any atom is 0.360 e. The lowest BCUT2D eigenvalue weighted by molar-refractivity contribution is 0.0585. The molecule has 0 spiro atoms. The number of carbonyl (C=O) groups excluding carboxylic acids is 2. The molecular weight excluding hydrogens is 244 g/mol. The third kappa shape index (κ3) is 2.08. The average molecular weight is 252 g/mol. The Morgan fingerprint density at radius 3 is 1.67 bits per heavy atom. The predicted octanol–water partition coefficient (Wildman–Crippen LogP) is 0.903. The van der Waals surface area contributed by atoms with E-state index in [0.717, 1.165) is 12.5 Å². The number of aromatic nitrogens is 2. The second-order valence-corrected chi connectivity index (χ2v) is 3.06. The first-order chi connectivity index (χ1) is 8.65. The highest BCUT2D eigenvalue weighted by Crippen LogP contribution is 2.18. The molecule has 0 saturated carbocycles. The van der Waals surface area contributed by atoms with Gasteiger partial charge in [-0.25, -0.2) is 9.59 Å². The largest absolute Gasteiger partial charge is 0.464 e. The lowest BCUT2D eigenvalue weighted by Crippen LogP contribution is -2.01. The first-order valence-corrected chi connectivity index (χ1v) is 4.73. The minimum absolute atomic E-state index is 0.0229. The molecule has 0 atom stereocenters. The number of nitrogens with zero attached hydrogens (tertiary/aromatic N) is 2. The van der Waals surface area contributed by atoms with Crippen LogP contribution in [0.15, 0.2) is 21.4 Å². The van der Waals surface area contributed by atoms with E-state index in [0.29, 0.717) is 0 Å². The van der Waals surface area contributed by atoms with Gasteiger partial charge in [-0.15, -0.1) is 0 Å². The van der Waals surface area contributed by atoms with Gasteiger partial charge in [0, 0.05) is 0 Å². The van der Waals surface area contributed by atoms with Crippen molar-refractivity contribution in [1.82, 2.24) is 9.97 Å². The Labute approximate surface area is 101 Å². The summed E-state index contributed by atoms with van der Waals surface area (Å²) in [7, 11) is 2.44. The van der Waals surface area contributed by atoms with Crippen LogP contribution in [0, 0.1) is 0 Å². The summed E-state index contributed by atoms with van der Waals surface area (Å²) in [5.74, 6) is -1.37. The van der Waals surface area contributed by atoms with Crippen molar-refractivity contribution in [2.75, 3.05) is 14.2 Å². The van der Waals surface area contributed by atoms with Crippen LogP contribution in [0.5, 0.6) is 0 Å². The molecule has 0 unspecified atom stereocenters. The van der Waals surface area contributed by atoms with Gasteiger partial charge in [0.25, 0.3) is 11.8 Å². The molecule has 0 N–H and O–H groups in total. The quantitative estimate of drug-likeness (QED) is 0.742. The summed E-state index contributed by atoms with van der Waals surface area (Å²) in [6.45, 7) is 0. The van der Waals surface area contributed by atoms with Crippen molar-refractivity contribution in [2.45, 2.75) is 0 Å². The van der Waals surface area contributed by atoms with Crippen LogP contribution < -0.4 is 0 Å². The Morgan fingerprint density at radius 1 is 0.944 bits per heavy atom. The van der Waals surface area contributed by atoms with Gasteiger partial charge in [0.2, 0.25) is 0 Å². The minimum atomic E-state index is -0.648. The number of esters is 2. The zero-order valence-corrected chi connectivity index (χ0v) is 9.50. The van der Waals surface area contributed by atoms with E-state index >= 15 is 0 Å². The standard InChI is InChI=1S/C10H8N2O6/c1-15-9(13)5-3-17-7(11-5)8-12-6(4-18-8)10(14)16-2/h3-4H,1-2H3. The molecule has 2 aromatic heterocycles. The van der Waals surface area contributed by atoms with Crippen molar-refractivity contribution in [3.63, 3.8) is 0 Å². The molecule has 8 heteroatoms. The molecule has 0 radical (unpaired) electrons. The molecule has 0 amide bonds. The van der Waals surface area contributed by atoms with Gasteiger partial charge in [-0.1, -0.05) is 0 Å². The number of hydrogen-bond acceptors (Lipinski definition) is 8. The van der Waals surface area contributed by atoms with Crippen molar-refractivity contribution in [1.29, 1.82) is 0 Å². The second-order valence-electron chi connectivity index (χ2n) is 3.06. The number of methoxy groups -OCH3 is 2. The van der Waals surface area contributed by atoms with Gasteiger partial charge in [-0.2, -0.15) is 9.97 Å². The first kappa shape index (κ1) is 11.8. The third-order valence-electron chi connectivity index (χ3n) is 1.98. The molecule has 0 fully saturated rings. The zero-order chi connectivity index (χ0) is 13.1. The highest BCUT2D eigenvalue weighted by atomic mass is 16.5. The minimum Gasteiger partial charge on any atom is -0.464 e. The van der Waals surface area contributed by atoms with Crippen LogP contribution in [0.2, 0.25) is 0 Å². The van der Waals surface area contributed by atoms with Crippen molar-refractivity contribution in [2.24, 2.45) is 0 Å². The summed E-state index contributed by atoms with van der Waals surface area (Å²) < 4.78 is 18.9. The summed E-state index contributed by atoms with van der Waals surface area (Å²) in [6, 6.07) is 0. The average Bonchev–Trinajstić information content (AvgIpc) is 3.04. The SMILES string of the molecule is COC(=O)c1coc(-c2nc(C(=O)OC)co2)n1. The molecule has 2 heterocycles. The van der Waals surface area contributed by atoms with Crippen LogP contribution in [0.1, 0.15) is 21.0 Å². The van der Waals surface area contributed by atoms with Crippen LogP contribution in [-0.2, 0) is 9.47 Å². The van der Waals surface area contributed by atoms with Crippen LogP contribution in [-0.4, -0.2) is 36.1 Å². The second kappa shape index (κ2) is 4.70. The fourth-order valence-corrected chi connectivity index (χ4v) is 1.14. The molecule has 0 aromatic carbocycles. The lowest BCUT2D eigenvalue weighted by Gasteiger charge is -1.90. The van der Waals surface area contributed by atoms with Crippen molar-refractivity contribution in [3.05, 3.63) is 23.9 Å². The number of ether oxygens (including phenoxy) is 2. The molecule has 2 aromatic rings. The summed E-state index contributed by atoms with van der Waals surface area (Å²) in [5.41, 5.74) is -0.0457. The fraction of sp³-hybridized carbons (Fsp3) is 0.200. The molecule has 0 aliphatic heterocycles. The van der Waals surface area contributed by atoms with E-state index in [4.69, 9.17) is 8.83 Å². The summed E-state index contributed by atoms with van der Waals surface area (Å²) in [6.07, 6.45) is 2.20. The lowest BCUT2D eigenvalue weighted by atomic mass is 10.5. The van der Waals surface area contributed by atoms with E-state index in [1.165, 1.54) is 14.2 Å². The Kier molecular flexibility index (Phi) is 3.09. The number of rotatable bonds is 3. The first-order valence-electron chi connectivity index (χ1n) is 4.73. The normalized spacial score (nSPS) is 10.1. The van der Waals surface area contributed by atoms with Crippen LogP contribution in [0.25, 0.3) is 11.8 Å². The molecule has 94 valence electrons. The zero-order valence-electron chi connectivity index (χ0n) is 9.50. The van der Waals surface area contributed by atoms with E-state index in [1.54, 1.807) is 0 Å². The van der Waals surface area contributed by atoms with Crippen molar-refractivity contribution < 1.29 is 27.9 Å². The topological polar surface area (TPSA) is 105 Å². The summed E-state index contributed by atoms with van der Waals surface area (Å²) >= 11 is 0. The van der Waals surface area contributed by atoms with E-state index < -0.39 is 11.9 Å². The van der Waals surface area contributed by atoms with Gasteiger partial charge in [0.05, 0.1) is 14.2 Å². The van der Waals surface area contributed by atoms with Gasteiger partial charge < -0.3 is 18.3 Å². The van der Waals surface area contributed by atoms with E-state index in [-0.39, 0.29) is 23.2 Å². The Bertz CT molecular complexity index is 532. The molecule has 0 bridgehead atoms. The maximum atomic E-state index is 11.1. The molecule has 18 heavy (non-hydrogen) atoms. The van der Waals surface area contributed by atoms with Crippen molar-refractivity contribution >= 4 is 11.9 Å². The van der Waals surface area contributed by atoms with Crippen LogP contribution in [0.3, 0.4) is 0 Å². The Balaban J connectivity index is 2.26. The molecule has 0 aliphatic rings. The Hall–Kier alpha value is -2.64. The molecule has 0 aliphatic carbocycles. The maximum absolute atomic E-state index is 11.1. The van der Waals surface area contributed by atoms with E-state index in [9.17, 15) is 9.59 Å². The highest BCUT2D eigenvalue weighted by Gasteiger charge is 2.19. The molecule has 8 nitrogen and oxygen atoms in total. The number of oxazole rings is 2. The molecular formula is C10H8N2O6. The van der Waals surface area contributed by atoms with Gasteiger partial charge in [0.15, 0.2) is 11.4 Å². The van der Waals surface area contributed by atoms with Gasteiger partial charge in [-0.3, -0.25) is 0 Å². The van der Waals surface area contributed by atoms with E-state index in [1.807, 2.05) is 0 Å². The summed E-state index contributed by atoms with van der Waals surface area (Å²) in [4.78, 5) is 29.9. The molecule has 0 saturated heterocycles. The van der Waals surface area contributed by atoms with Crippen LogP contribution >= 0.6 is 0 Å². The van der Waals surface area contributed by atoms with Crippen molar-refractivity contribution in [3.8, 4) is 11.8 Å². The number of carbonyl (C=O) groups is 2. The number of hydrogen-bond donors (Lipinski definition) is 0. The van der Waals surface area contributed by atoms with Crippen LogP contribution in [0.4, 0.5) is 0 Å². The predicted molar refractivity (Wildman–Crippen MR) is 54.7 cm³/mol. The third-order valence-corrected chi connectivity index (χ3v) is 1.98. The summed E-state index contributed by atoms with van der Waals surface area (Å²) in [5, 5.41) is 0.